The van der Waals surface area contributed by atoms with Gasteiger partial charge in [-0.3, -0.25) is 15.0 Å². The normalized spacial score (nSPS) is 21.6. The van der Waals surface area contributed by atoms with E-state index in [1.54, 1.807) is 0 Å². The molecule has 0 N–H and O–H groups in total. The van der Waals surface area contributed by atoms with Crippen molar-refractivity contribution < 1.29 is 13.3 Å². The molecular formula is C15H21N3O4S. The topological polar surface area (TPSA) is 83.8 Å². The average Bonchev–Trinajstić information content (AvgIpc) is 3.09. The first-order chi connectivity index (χ1) is 11.0. The maximum Gasteiger partial charge on any atom is 0.270 e. The number of hydrogen-bond donors (Lipinski definition) is 0. The van der Waals surface area contributed by atoms with Gasteiger partial charge in [0.25, 0.3) is 5.69 Å². The van der Waals surface area contributed by atoms with Crippen LogP contribution in [0.4, 0.5) is 5.69 Å². The summed E-state index contributed by atoms with van der Waals surface area (Å²) >= 11 is 0. The minimum absolute atomic E-state index is 0.000941. The molecule has 3 rings (SSSR count). The molecule has 7 nitrogen and oxygen atoms in total. The molecule has 0 spiro atoms. The van der Waals surface area contributed by atoms with Gasteiger partial charge in [-0.1, -0.05) is 18.9 Å². The molecule has 23 heavy (non-hydrogen) atoms. The van der Waals surface area contributed by atoms with Crippen LogP contribution in [0.3, 0.4) is 0 Å². The third-order valence-corrected chi connectivity index (χ3v) is 6.68. The number of hydrogen-bond acceptors (Lipinski definition) is 5. The Kier molecular flexibility index (Phi) is 4.65. The summed E-state index contributed by atoms with van der Waals surface area (Å²) in [7, 11) is -3.66. The lowest BCUT2D eigenvalue weighted by molar-refractivity contribution is -0.385. The summed E-state index contributed by atoms with van der Waals surface area (Å²) in [6, 6.07) is 5.87. The van der Waals surface area contributed by atoms with Gasteiger partial charge in [0.1, 0.15) is 0 Å². The Bertz CT molecular complexity index is 678. The highest BCUT2D eigenvalue weighted by atomic mass is 32.2. The van der Waals surface area contributed by atoms with Crippen LogP contribution in [0.15, 0.2) is 29.2 Å². The van der Waals surface area contributed by atoms with E-state index in [4.69, 9.17) is 0 Å². The van der Waals surface area contributed by atoms with Crippen LogP contribution in [-0.4, -0.2) is 54.8 Å². The minimum Gasteiger partial charge on any atom is -0.298 e. The molecule has 1 saturated carbocycles. The first kappa shape index (κ1) is 16.4. The zero-order chi connectivity index (χ0) is 16.4. The van der Waals surface area contributed by atoms with Crippen molar-refractivity contribution in [3.05, 3.63) is 34.4 Å². The predicted molar refractivity (Wildman–Crippen MR) is 85.7 cm³/mol. The smallest absolute Gasteiger partial charge is 0.270 e. The maximum atomic E-state index is 12.7. The van der Waals surface area contributed by atoms with Crippen molar-refractivity contribution in [3.8, 4) is 0 Å². The molecule has 1 heterocycles. The maximum absolute atomic E-state index is 12.7. The zero-order valence-electron chi connectivity index (χ0n) is 12.9. The van der Waals surface area contributed by atoms with Gasteiger partial charge in [-0.05, 0) is 18.9 Å². The monoisotopic (exact) mass is 339 g/mol. The molecule has 0 bridgehead atoms. The fourth-order valence-corrected chi connectivity index (χ4v) is 4.95. The van der Waals surface area contributed by atoms with Crippen molar-refractivity contribution in [1.82, 2.24) is 9.21 Å². The van der Waals surface area contributed by atoms with E-state index in [0.29, 0.717) is 19.1 Å². The van der Waals surface area contributed by atoms with Crippen LogP contribution in [0.1, 0.15) is 25.7 Å². The second-order valence-electron chi connectivity index (χ2n) is 6.13. The molecule has 1 aromatic rings. The van der Waals surface area contributed by atoms with E-state index < -0.39 is 14.9 Å². The van der Waals surface area contributed by atoms with Crippen molar-refractivity contribution >= 4 is 15.7 Å². The molecule has 0 atom stereocenters. The summed E-state index contributed by atoms with van der Waals surface area (Å²) in [5.41, 5.74) is -0.198. The van der Waals surface area contributed by atoms with Gasteiger partial charge in [0.2, 0.25) is 10.0 Å². The van der Waals surface area contributed by atoms with Crippen LogP contribution in [0.25, 0.3) is 0 Å². The lowest BCUT2D eigenvalue weighted by atomic mass is 10.2. The lowest BCUT2D eigenvalue weighted by Crippen LogP contribution is -2.51. The Morgan fingerprint density at radius 2 is 1.74 bits per heavy atom. The number of piperazine rings is 1. The standard InChI is InChI=1S/C15H21N3O4S/c19-18(20)14-6-3-7-15(12-14)23(21,22)17-10-8-16(9-11-17)13-4-1-2-5-13/h3,6-7,12-13H,1-2,4-5,8-11H2. The molecule has 126 valence electrons. The Morgan fingerprint density at radius 3 is 2.35 bits per heavy atom. The number of benzene rings is 1. The molecule has 1 aromatic carbocycles. The molecule has 1 aliphatic heterocycles. The van der Waals surface area contributed by atoms with Crippen LogP contribution < -0.4 is 0 Å². The van der Waals surface area contributed by atoms with Crippen LogP contribution in [0, 0.1) is 10.1 Å². The van der Waals surface area contributed by atoms with Crippen molar-refractivity contribution in [1.29, 1.82) is 0 Å². The summed E-state index contributed by atoms with van der Waals surface area (Å²) in [5, 5.41) is 10.8. The summed E-state index contributed by atoms with van der Waals surface area (Å²) in [4.78, 5) is 12.6. The molecule has 8 heteroatoms. The Hall–Kier alpha value is -1.51. The van der Waals surface area contributed by atoms with Gasteiger partial charge in [0.15, 0.2) is 0 Å². The van der Waals surface area contributed by atoms with E-state index in [9.17, 15) is 18.5 Å². The minimum atomic E-state index is -3.66. The van der Waals surface area contributed by atoms with E-state index in [1.165, 1.54) is 48.2 Å². The van der Waals surface area contributed by atoms with Gasteiger partial charge in [0.05, 0.1) is 9.82 Å². The van der Waals surface area contributed by atoms with Crippen LogP contribution in [0.2, 0.25) is 0 Å². The van der Waals surface area contributed by atoms with E-state index in [1.807, 2.05) is 0 Å². The highest BCUT2D eigenvalue weighted by Crippen LogP contribution is 2.26. The molecule has 1 saturated heterocycles. The van der Waals surface area contributed by atoms with Gasteiger partial charge in [-0.25, -0.2) is 8.42 Å². The number of rotatable bonds is 4. The third kappa shape index (κ3) is 3.39. The van der Waals surface area contributed by atoms with Crippen molar-refractivity contribution in [2.24, 2.45) is 0 Å². The van der Waals surface area contributed by atoms with Crippen molar-refractivity contribution in [2.75, 3.05) is 26.2 Å². The van der Waals surface area contributed by atoms with Crippen LogP contribution in [0.5, 0.6) is 0 Å². The van der Waals surface area contributed by atoms with Gasteiger partial charge in [-0.15, -0.1) is 0 Å². The van der Waals surface area contributed by atoms with E-state index in [0.717, 1.165) is 19.2 Å². The van der Waals surface area contributed by atoms with Crippen molar-refractivity contribution in [2.45, 2.75) is 36.6 Å². The Labute approximate surface area is 136 Å². The summed E-state index contributed by atoms with van der Waals surface area (Å²) in [6.07, 6.45) is 4.93. The summed E-state index contributed by atoms with van der Waals surface area (Å²) < 4.78 is 26.8. The summed E-state index contributed by atoms with van der Waals surface area (Å²) in [6.45, 7) is 2.36. The van der Waals surface area contributed by atoms with Gasteiger partial charge in [-0.2, -0.15) is 4.31 Å². The SMILES string of the molecule is O=[N+]([O-])c1cccc(S(=O)(=O)N2CCN(C3CCCC3)CC2)c1. The molecule has 2 aliphatic rings. The molecule has 0 aromatic heterocycles. The van der Waals surface area contributed by atoms with Gasteiger partial charge >= 0.3 is 0 Å². The second kappa shape index (κ2) is 6.54. The van der Waals surface area contributed by atoms with Crippen LogP contribution >= 0.6 is 0 Å². The summed E-state index contributed by atoms with van der Waals surface area (Å²) in [5.74, 6) is 0. The molecule has 0 radical (unpaired) electrons. The number of nitrogens with zero attached hydrogens (tertiary/aromatic N) is 3. The third-order valence-electron chi connectivity index (χ3n) is 4.78. The number of nitro benzene ring substituents is 1. The van der Waals surface area contributed by atoms with E-state index in [2.05, 4.69) is 4.90 Å². The molecule has 0 unspecified atom stereocenters. The Morgan fingerprint density at radius 1 is 1.09 bits per heavy atom. The molecule has 1 aliphatic carbocycles. The highest BCUT2D eigenvalue weighted by molar-refractivity contribution is 7.89. The van der Waals surface area contributed by atoms with Gasteiger partial charge < -0.3 is 0 Å². The first-order valence-corrected chi connectivity index (χ1v) is 9.41. The highest BCUT2D eigenvalue weighted by Gasteiger charge is 2.32. The van der Waals surface area contributed by atoms with Gasteiger partial charge in [0, 0.05) is 44.4 Å². The van der Waals surface area contributed by atoms with E-state index >= 15 is 0 Å². The lowest BCUT2D eigenvalue weighted by Gasteiger charge is -2.37. The predicted octanol–water partition coefficient (Wildman–Crippen LogP) is 1.84. The quantitative estimate of drug-likeness (QED) is 0.617. The number of non-ortho nitro benzene ring substituents is 1. The first-order valence-electron chi connectivity index (χ1n) is 7.97. The number of nitro groups is 1. The zero-order valence-corrected chi connectivity index (χ0v) is 13.7. The molecular weight excluding hydrogens is 318 g/mol. The number of sulfonamides is 1. The molecule has 0 amide bonds. The van der Waals surface area contributed by atoms with Crippen LogP contribution in [-0.2, 0) is 10.0 Å². The average molecular weight is 339 g/mol. The Balaban J connectivity index is 1.71. The van der Waals surface area contributed by atoms with E-state index in [-0.39, 0.29) is 10.6 Å². The fourth-order valence-electron chi connectivity index (χ4n) is 3.49. The molecule has 2 fully saturated rings. The van der Waals surface area contributed by atoms with Crippen molar-refractivity contribution in [3.63, 3.8) is 0 Å². The second-order valence-corrected chi connectivity index (χ2v) is 8.07. The fraction of sp³-hybridized carbons (Fsp3) is 0.600. The largest absolute Gasteiger partial charge is 0.298 e.